The molecule has 0 spiro atoms. The minimum absolute atomic E-state index is 0.0873. The Kier molecular flexibility index (Phi) is 3.90. The van der Waals surface area contributed by atoms with E-state index >= 15 is 0 Å². The minimum Gasteiger partial charge on any atom is -0.388 e. The summed E-state index contributed by atoms with van der Waals surface area (Å²) in [6, 6.07) is 7.73. The molecule has 1 N–H and O–H groups in total. The normalized spacial score (nSPS) is 14.9. The van der Waals surface area contributed by atoms with Gasteiger partial charge in [-0.1, -0.05) is 47.1 Å². The van der Waals surface area contributed by atoms with Gasteiger partial charge in [0, 0.05) is 10.4 Å². The molecule has 1 aromatic rings. The van der Waals surface area contributed by atoms with E-state index in [2.05, 4.69) is 22.5 Å². The molecule has 14 heavy (non-hydrogen) atoms. The van der Waals surface area contributed by atoms with Crippen LogP contribution in [0.15, 0.2) is 40.9 Å². The van der Waals surface area contributed by atoms with Gasteiger partial charge in [-0.2, -0.15) is 0 Å². The molecule has 0 fully saturated rings. The summed E-state index contributed by atoms with van der Waals surface area (Å²) in [4.78, 5) is 0. The molecule has 0 amide bonds. The quantitative estimate of drug-likeness (QED) is 0.816. The maximum absolute atomic E-state index is 10.0. The third-order valence-electron chi connectivity index (χ3n) is 2.44. The number of halogens is 1. The summed E-state index contributed by atoms with van der Waals surface area (Å²) in [7, 11) is 0. The van der Waals surface area contributed by atoms with E-state index in [1.165, 1.54) is 0 Å². The molecule has 0 saturated carbocycles. The van der Waals surface area contributed by atoms with E-state index in [0.29, 0.717) is 0 Å². The van der Waals surface area contributed by atoms with Crippen LogP contribution in [-0.2, 0) is 0 Å². The van der Waals surface area contributed by atoms with Crippen LogP contribution in [0, 0.1) is 5.92 Å². The van der Waals surface area contributed by atoms with Gasteiger partial charge in [-0.3, -0.25) is 0 Å². The highest BCUT2D eigenvalue weighted by Gasteiger charge is 2.16. The molecular formula is C12H15BrO. The second-order valence-electron chi connectivity index (χ2n) is 3.63. The van der Waals surface area contributed by atoms with Crippen LogP contribution >= 0.6 is 15.9 Å². The molecule has 1 rings (SSSR count). The molecule has 0 saturated heterocycles. The predicted molar refractivity (Wildman–Crippen MR) is 63.1 cm³/mol. The van der Waals surface area contributed by atoms with E-state index in [1.54, 1.807) is 0 Å². The fourth-order valence-electron chi connectivity index (χ4n) is 1.25. The molecule has 0 aliphatic heterocycles. The fraction of sp³-hybridized carbons (Fsp3) is 0.333. The Morgan fingerprint density at radius 1 is 1.50 bits per heavy atom. The molecule has 2 heteroatoms. The van der Waals surface area contributed by atoms with Crippen molar-refractivity contribution in [1.82, 2.24) is 0 Å². The molecule has 0 aliphatic carbocycles. The molecule has 76 valence electrons. The summed E-state index contributed by atoms with van der Waals surface area (Å²) in [6.45, 7) is 7.77. The van der Waals surface area contributed by atoms with Crippen molar-refractivity contribution >= 4 is 15.9 Å². The van der Waals surface area contributed by atoms with Crippen molar-refractivity contribution in [3.63, 3.8) is 0 Å². The number of aliphatic hydroxyl groups excluding tert-OH is 1. The Balaban J connectivity index is 2.89. The Labute approximate surface area is 93.6 Å². The molecule has 1 nitrogen and oxygen atoms in total. The van der Waals surface area contributed by atoms with E-state index in [1.807, 2.05) is 38.1 Å². The van der Waals surface area contributed by atoms with Gasteiger partial charge >= 0.3 is 0 Å². The van der Waals surface area contributed by atoms with Crippen LogP contribution in [0.4, 0.5) is 0 Å². The lowest BCUT2D eigenvalue weighted by Crippen LogP contribution is -2.09. The van der Waals surface area contributed by atoms with Gasteiger partial charge in [-0.15, -0.1) is 0 Å². The van der Waals surface area contributed by atoms with Crippen molar-refractivity contribution in [1.29, 1.82) is 0 Å². The van der Waals surface area contributed by atoms with Crippen LogP contribution in [-0.4, -0.2) is 5.11 Å². The monoisotopic (exact) mass is 254 g/mol. The zero-order valence-electron chi connectivity index (χ0n) is 8.50. The second-order valence-corrected chi connectivity index (χ2v) is 4.55. The highest BCUT2D eigenvalue weighted by molar-refractivity contribution is 9.10. The van der Waals surface area contributed by atoms with Crippen molar-refractivity contribution < 1.29 is 5.11 Å². The van der Waals surface area contributed by atoms with Crippen molar-refractivity contribution in [3.05, 3.63) is 46.5 Å². The third-order valence-corrected chi connectivity index (χ3v) is 2.93. The largest absolute Gasteiger partial charge is 0.388 e. The molecule has 0 unspecified atom stereocenters. The number of aliphatic hydroxyl groups is 1. The zero-order valence-corrected chi connectivity index (χ0v) is 10.1. The van der Waals surface area contributed by atoms with E-state index in [9.17, 15) is 5.11 Å². The van der Waals surface area contributed by atoms with Gasteiger partial charge in [0.25, 0.3) is 0 Å². The molecule has 1 aromatic carbocycles. The maximum atomic E-state index is 10.0. The van der Waals surface area contributed by atoms with Crippen molar-refractivity contribution in [2.24, 2.45) is 5.92 Å². The zero-order chi connectivity index (χ0) is 10.7. The van der Waals surface area contributed by atoms with Crippen LogP contribution in [0.25, 0.3) is 0 Å². The van der Waals surface area contributed by atoms with Crippen molar-refractivity contribution in [2.75, 3.05) is 0 Å². The van der Waals surface area contributed by atoms with Gasteiger partial charge in [-0.05, 0) is 24.6 Å². The summed E-state index contributed by atoms with van der Waals surface area (Å²) in [5.41, 5.74) is 1.92. The average Bonchev–Trinajstić information content (AvgIpc) is 2.15. The minimum atomic E-state index is -0.468. The lowest BCUT2D eigenvalue weighted by atomic mass is 9.92. The molecule has 0 bridgehead atoms. The molecule has 0 aliphatic rings. The standard InChI is InChI=1S/C12H15BrO/c1-8(2)9(3)12(14)10-5-4-6-11(13)7-10/h4-7,9,12,14H,1H2,2-3H3/t9-,12-/m1/s1. The van der Waals surface area contributed by atoms with Gasteiger partial charge in [0.15, 0.2) is 0 Å². The van der Waals surface area contributed by atoms with E-state index in [-0.39, 0.29) is 5.92 Å². The van der Waals surface area contributed by atoms with E-state index in [0.717, 1.165) is 15.6 Å². The molecule has 0 radical (unpaired) electrons. The van der Waals surface area contributed by atoms with Gasteiger partial charge in [0.2, 0.25) is 0 Å². The number of hydrogen-bond donors (Lipinski definition) is 1. The van der Waals surface area contributed by atoms with E-state index in [4.69, 9.17) is 0 Å². The average molecular weight is 255 g/mol. The number of rotatable bonds is 3. The maximum Gasteiger partial charge on any atom is 0.0852 e. The van der Waals surface area contributed by atoms with Crippen LogP contribution in [0.2, 0.25) is 0 Å². The third kappa shape index (κ3) is 2.69. The van der Waals surface area contributed by atoms with Gasteiger partial charge in [0.1, 0.15) is 0 Å². The van der Waals surface area contributed by atoms with Gasteiger partial charge in [-0.25, -0.2) is 0 Å². The SMILES string of the molecule is C=C(C)[C@@H](C)[C@@H](O)c1cccc(Br)c1. The summed E-state index contributed by atoms with van der Waals surface area (Å²) >= 11 is 3.38. The number of hydrogen-bond acceptors (Lipinski definition) is 1. The molecule has 0 heterocycles. The highest BCUT2D eigenvalue weighted by atomic mass is 79.9. The second kappa shape index (κ2) is 4.76. The Bertz CT molecular complexity index is 333. The first-order valence-electron chi connectivity index (χ1n) is 4.61. The van der Waals surface area contributed by atoms with Crippen LogP contribution in [0.3, 0.4) is 0 Å². The summed E-state index contributed by atoms with van der Waals surface area (Å²) in [5, 5.41) is 10.0. The number of benzene rings is 1. The highest BCUT2D eigenvalue weighted by Crippen LogP contribution is 2.27. The summed E-state index contributed by atoms with van der Waals surface area (Å²) < 4.78 is 0.989. The molecule has 2 atom stereocenters. The van der Waals surface area contributed by atoms with E-state index < -0.39 is 6.10 Å². The van der Waals surface area contributed by atoms with Gasteiger partial charge < -0.3 is 5.11 Å². The van der Waals surface area contributed by atoms with Crippen LogP contribution < -0.4 is 0 Å². The topological polar surface area (TPSA) is 20.2 Å². The fourth-order valence-corrected chi connectivity index (χ4v) is 1.67. The molecular weight excluding hydrogens is 240 g/mol. The molecule has 0 aromatic heterocycles. The summed E-state index contributed by atoms with van der Waals surface area (Å²) in [6.07, 6.45) is -0.468. The predicted octanol–water partition coefficient (Wildman–Crippen LogP) is 3.69. The lowest BCUT2D eigenvalue weighted by molar-refractivity contribution is 0.134. The lowest BCUT2D eigenvalue weighted by Gasteiger charge is -2.19. The van der Waals surface area contributed by atoms with Crippen molar-refractivity contribution in [2.45, 2.75) is 20.0 Å². The Morgan fingerprint density at radius 2 is 2.14 bits per heavy atom. The van der Waals surface area contributed by atoms with Gasteiger partial charge in [0.05, 0.1) is 6.10 Å². The van der Waals surface area contributed by atoms with Crippen LogP contribution in [0.5, 0.6) is 0 Å². The summed E-state index contributed by atoms with van der Waals surface area (Å²) in [5.74, 6) is 0.0873. The first-order valence-corrected chi connectivity index (χ1v) is 5.40. The first-order chi connectivity index (χ1) is 6.52. The Hall–Kier alpha value is -0.600. The van der Waals surface area contributed by atoms with Crippen molar-refractivity contribution in [3.8, 4) is 0 Å². The van der Waals surface area contributed by atoms with Crippen LogP contribution in [0.1, 0.15) is 25.5 Å². The first kappa shape index (κ1) is 11.5. The smallest absolute Gasteiger partial charge is 0.0852 e. The Morgan fingerprint density at radius 3 is 2.64 bits per heavy atom.